The summed E-state index contributed by atoms with van der Waals surface area (Å²) in [6.45, 7) is 6.90. The topological polar surface area (TPSA) is 39.1 Å². The van der Waals surface area contributed by atoms with Gasteiger partial charge in [-0.2, -0.15) is 5.26 Å². The van der Waals surface area contributed by atoms with Crippen LogP contribution in [0.15, 0.2) is 85.4 Å². The summed E-state index contributed by atoms with van der Waals surface area (Å²) in [5.74, 6) is 0.600. The zero-order chi connectivity index (χ0) is 21.5. The summed E-state index contributed by atoms with van der Waals surface area (Å²) >= 11 is 0. The van der Waals surface area contributed by atoms with Crippen molar-refractivity contribution in [1.82, 2.24) is 10.2 Å². The minimum Gasteiger partial charge on any atom is -0.385 e. The first-order valence-electron chi connectivity index (χ1n) is 11.0. The number of rotatable bonds is 8. The molecule has 1 atom stereocenters. The summed E-state index contributed by atoms with van der Waals surface area (Å²) in [5.41, 5.74) is 7.24. The fourth-order valence-electron chi connectivity index (χ4n) is 4.31. The maximum Gasteiger partial charge on any atom is 0.179 e. The highest BCUT2D eigenvalue weighted by atomic mass is 15.1. The molecule has 0 amide bonds. The van der Waals surface area contributed by atoms with Crippen LogP contribution in [0, 0.1) is 17.4 Å². The van der Waals surface area contributed by atoms with Crippen LogP contribution in [-0.4, -0.2) is 24.5 Å². The Hall–Kier alpha value is -3.51. The normalized spacial score (nSPS) is 15.5. The molecule has 1 saturated heterocycles. The van der Waals surface area contributed by atoms with E-state index in [0.717, 1.165) is 50.2 Å². The second kappa shape index (κ2) is 10.00. The molecule has 1 heterocycles. The van der Waals surface area contributed by atoms with Gasteiger partial charge in [0.2, 0.25) is 0 Å². The molecule has 3 heteroatoms. The Morgan fingerprint density at radius 2 is 1.74 bits per heavy atom. The summed E-state index contributed by atoms with van der Waals surface area (Å²) in [5, 5.41) is 12.5. The Balaban J connectivity index is 1.37. The van der Waals surface area contributed by atoms with Crippen molar-refractivity contribution in [2.75, 3.05) is 19.6 Å². The molecule has 1 aliphatic rings. The molecule has 3 nitrogen and oxygen atoms in total. The average Bonchev–Trinajstić information content (AvgIpc) is 3.28. The molecule has 1 aliphatic heterocycles. The Labute approximate surface area is 185 Å². The predicted octanol–water partition coefficient (Wildman–Crippen LogP) is 5.70. The van der Waals surface area contributed by atoms with Crippen molar-refractivity contribution in [2.45, 2.75) is 19.3 Å². The molecule has 31 heavy (non-hydrogen) atoms. The molecule has 0 bridgehead atoms. The highest BCUT2D eigenvalue weighted by Crippen LogP contribution is 2.27. The second-order valence-electron chi connectivity index (χ2n) is 8.29. The van der Waals surface area contributed by atoms with Crippen LogP contribution in [0.25, 0.3) is 16.8 Å². The van der Waals surface area contributed by atoms with Gasteiger partial charge in [0.05, 0.1) is 0 Å². The molecule has 1 N–H and O–H groups in total. The first-order chi connectivity index (χ1) is 15.2. The molecule has 1 fully saturated rings. The molecule has 0 aliphatic carbocycles. The largest absolute Gasteiger partial charge is 0.385 e. The summed E-state index contributed by atoms with van der Waals surface area (Å²) < 4.78 is 0. The lowest BCUT2D eigenvalue weighted by Gasteiger charge is -2.14. The van der Waals surface area contributed by atoms with E-state index in [2.05, 4.69) is 97.0 Å². The van der Waals surface area contributed by atoms with Gasteiger partial charge in [0.1, 0.15) is 0 Å². The molecule has 0 radical (unpaired) electrons. The number of benzene rings is 3. The lowest BCUT2D eigenvalue weighted by molar-refractivity contribution is 0.439. The predicted molar refractivity (Wildman–Crippen MR) is 128 cm³/mol. The Bertz CT molecular complexity index is 1050. The van der Waals surface area contributed by atoms with Crippen molar-refractivity contribution in [2.24, 2.45) is 5.92 Å². The van der Waals surface area contributed by atoms with Crippen LogP contribution in [0.2, 0.25) is 0 Å². The molecular formula is C28H29N3. The van der Waals surface area contributed by atoms with E-state index < -0.39 is 0 Å². The zero-order valence-electron chi connectivity index (χ0n) is 17.9. The van der Waals surface area contributed by atoms with Gasteiger partial charge >= 0.3 is 0 Å². The van der Waals surface area contributed by atoms with Crippen molar-refractivity contribution >= 4 is 5.70 Å². The summed E-state index contributed by atoms with van der Waals surface area (Å²) in [6.07, 6.45) is 5.36. The molecular weight excluding hydrogens is 378 g/mol. The van der Waals surface area contributed by atoms with Crippen molar-refractivity contribution in [1.29, 1.82) is 5.26 Å². The van der Waals surface area contributed by atoms with Crippen LogP contribution < -0.4 is 5.32 Å². The van der Waals surface area contributed by atoms with E-state index >= 15 is 0 Å². The molecule has 0 aromatic heterocycles. The number of nitrogens with zero attached hydrogens (tertiary/aromatic N) is 2. The monoisotopic (exact) mass is 407 g/mol. The van der Waals surface area contributed by atoms with E-state index in [4.69, 9.17) is 5.26 Å². The van der Waals surface area contributed by atoms with Crippen molar-refractivity contribution in [3.63, 3.8) is 0 Å². The van der Waals surface area contributed by atoms with Gasteiger partial charge in [-0.25, -0.2) is 0 Å². The van der Waals surface area contributed by atoms with Crippen LogP contribution in [0.4, 0.5) is 0 Å². The fourth-order valence-corrected chi connectivity index (χ4v) is 4.31. The highest BCUT2D eigenvalue weighted by molar-refractivity contribution is 5.71. The second-order valence-corrected chi connectivity index (χ2v) is 8.29. The number of nitriles is 1. The fraction of sp³-hybridized carbons (Fsp3) is 0.250. The van der Waals surface area contributed by atoms with E-state index in [1.165, 1.54) is 22.3 Å². The Kier molecular flexibility index (Phi) is 6.69. The number of likely N-dealkylation sites (tertiary alicyclic amines) is 1. The van der Waals surface area contributed by atoms with E-state index in [9.17, 15) is 0 Å². The molecule has 1 unspecified atom stereocenters. The van der Waals surface area contributed by atoms with Crippen LogP contribution in [-0.2, 0) is 6.42 Å². The smallest absolute Gasteiger partial charge is 0.179 e. The van der Waals surface area contributed by atoms with E-state index in [0.29, 0.717) is 5.92 Å². The van der Waals surface area contributed by atoms with Crippen LogP contribution in [0.5, 0.6) is 0 Å². The third-order valence-electron chi connectivity index (χ3n) is 6.12. The van der Waals surface area contributed by atoms with E-state index in [1.54, 1.807) is 0 Å². The van der Waals surface area contributed by atoms with Gasteiger partial charge in [0, 0.05) is 25.3 Å². The summed E-state index contributed by atoms with van der Waals surface area (Å²) in [4.78, 5) is 1.86. The van der Waals surface area contributed by atoms with Crippen molar-refractivity contribution < 1.29 is 0 Å². The maximum absolute atomic E-state index is 8.99. The molecule has 156 valence electrons. The van der Waals surface area contributed by atoms with Crippen molar-refractivity contribution in [3.05, 3.63) is 102 Å². The van der Waals surface area contributed by atoms with Gasteiger partial charge in [-0.05, 0) is 53.0 Å². The minimum absolute atomic E-state index is 0.600. The minimum atomic E-state index is 0.600. The molecule has 4 rings (SSSR count). The van der Waals surface area contributed by atoms with Crippen molar-refractivity contribution in [3.8, 4) is 17.3 Å². The van der Waals surface area contributed by atoms with Gasteiger partial charge in [-0.1, -0.05) is 85.4 Å². The standard InChI is InChI=1S/C28H29N3/c1-22(30-17-15-24-16-18-31(20-24)21-29)25-11-13-26(14-12-25)28-10-6-5-9-27(28)19-23-7-3-2-4-8-23/h2-14,24,30H,1,15-20H2. The third-order valence-corrected chi connectivity index (χ3v) is 6.12. The van der Waals surface area contributed by atoms with Gasteiger partial charge in [0.25, 0.3) is 0 Å². The van der Waals surface area contributed by atoms with Crippen LogP contribution >= 0.6 is 0 Å². The van der Waals surface area contributed by atoms with Gasteiger partial charge < -0.3 is 10.2 Å². The van der Waals surface area contributed by atoms with Crippen LogP contribution in [0.1, 0.15) is 29.5 Å². The van der Waals surface area contributed by atoms with Gasteiger partial charge in [0.15, 0.2) is 6.19 Å². The molecule has 0 saturated carbocycles. The summed E-state index contributed by atoms with van der Waals surface area (Å²) in [6, 6.07) is 27.9. The van der Waals surface area contributed by atoms with Gasteiger partial charge in [-0.15, -0.1) is 0 Å². The maximum atomic E-state index is 8.99. The first-order valence-corrected chi connectivity index (χ1v) is 11.0. The Morgan fingerprint density at radius 1 is 1.00 bits per heavy atom. The molecule has 3 aromatic rings. The number of nitrogens with one attached hydrogen (secondary N) is 1. The molecule has 0 spiro atoms. The van der Waals surface area contributed by atoms with Gasteiger partial charge in [-0.3, -0.25) is 0 Å². The SMILES string of the molecule is C=C(NCCC1CCN(C#N)C1)c1ccc(-c2ccccc2Cc2ccccc2)cc1. The Morgan fingerprint density at radius 3 is 2.48 bits per heavy atom. The lowest BCUT2D eigenvalue weighted by atomic mass is 9.94. The summed E-state index contributed by atoms with van der Waals surface area (Å²) in [7, 11) is 0. The van der Waals surface area contributed by atoms with E-state index in [-0.39, 0.29) is 0 Å². The van der Waals surface area contributed by atoms with Crippen LogP contribution in [0.3, 0.4) is 0 Å². The lowest BCUT2D eigenvalue weighted by Crippen LogP contribution is -2.18. The zero-order valence-corrected chi connectivity index (χ0v) is 17.9. The quantitative estimate of drug-likeness (QED) is 0.487. The number of hydrogen-bond donors (Lipinski definition) is 1. The van der Waals surface area contributed by atoms with E-state index in [1.807, 2.05) is 4.90 Å². The highest BCUT2D eigenvalue weighted by Gasteiger charge is 2.20. The average molecular weight is 408 g/mol. The third kappa shape index (κ3) is 5.35. The molecule has 3 aromatic carbocycles. The number of hydrogen-bond acceptors (Lipinski definition) is 3. The first kappa shape index (κ1) is 20.8.